The van der Waals surface area contributed by atoms with E-state index in [0.29, 0.717) is 15.9 Å². The van der Waals surface area contributed by atoms with Gasteiger partial charge in [0.15, 0.2) is 5.65 Å². The Kier molecular flexibility index (Phi) is 7.78. The fourth-order valence-corrected chi connectivity index (χ4v) is 4.70. The van der Waals surface area contributed by atoms with Crippen LogP contribution in [0.2, 0.25) is 0 Å². The van der Waals surface area contributed by atoms with Gasteiger partial charge in [-0.05, 0) is 68.1 Å². The van der Waals surface area contributed by atoms with E-state index in [1.807, 2.05) is 39.0 Å². The third kappa shape index (κ3) is 6.71. The van der Waals surface area contributed by atoms with Gasteiger partial charge in [0.1, 0.15) is 22.8 Å². The minimum absolute atomic E-state index is 0.162. The summed E-state index contributed by atoms with van der Waals surface area (Å²) in [5.41, 5.74) is -2.45. The number of benzene rings is 1. The number of nitrogens with zero attached hydrogens (tertiary/aromatic N) is 4. The zero-order chi connectivity index (χ0) is 27.8. The number of carbonyl (C=O) groups is 2. The first-order valence-corrected chi connectivity index (χ1v) is 12.5. The number of carboxylic acid groups (broad SMARTS) is 1. The summed E-state index contributed by atoms with van der Waals surface area (Å²) in [6.45, 7) is 14.1. The molecule has 0 saturated carbocycles. The van der Waals surface area contributed by atoms with Gasteiger partial charge in [0, 0.05) is 6.07 Å². The summed E-state index contributed by atoms with van der Waals surface area (Å²) < 4.78 is 19.0. The van der Waals surface area contributed by atoms with Gasteiger partial charge in [-0.25, -0.2) is 9.59 Å². The maximum Gasteiger partial charge on any atom is 0.509 e. The smallest absolute Gasteiger partial charge is 0.465 e. The van der Waals surface area contributed by atoms with Crippen LogP contribution in [-0.2, 0) is 9.47 Å². The van der Waals surface area contributed by atoms with Crippen LogP contribution < -0.4 is 9.64 Å². The number of ether oxygens (including phenoxy) is 3. The van der Waals surface area contributed by atoms with Crippen molar-refractivity contribution >= 4 is 39.6 Å². The highest BCUT2D eigenvalue weighted by Crippen LogP contribution is 2.39. The van der Waals surface area contributed by atoms with Crippen LogP contribution in [0, 0.1) is 5.41 Å². The molecule has 2 aromatic heterocycles. The van der Waals surface area contributed by atoms with Gasteiger partial charge in [0.25, 0.3) is 0 Å². The molecule has 0 aliphatic heterocycles. The molecule has 0 saturated heterocycles. The number of carbonyl (C=O) groups excluding carboxylic acids is 1. The summed E-state index contributed by atoms with van der Waals surface area (Å²) >= 11 is 3.43. The predicted molar refractivity (Wildman–Crippen MR) is 142 cm³/mol. The number of hydrogen-bond acceptors (Lipinski definition) is 7. The molecule has 10 nitrogen and oxygen atoms in total. The SMILES string of the molecule is CC(C)(C)OC(=O)OC(C)(C)C(N(C(=O)O)c1cc(Oc2ccccc2)nc2c(Br)cnn12)C(C)(C)C. The lowest BCUT2D eigenvalue weighted by atomic mass is 9.76. The van der Waals surface area contributed by atoms with Gasteiger partial charge >= 0.3 is 12.2 Å². The van der Waals surface area contributed by atoms with Crippen LogP contribution in [0.15, 0.2) is 47.1 Å². The van der Waals surface area contributed by atoms with Crippen molar-refractivity contribution in [2.45, 2.75) is 72.6 Å². The van der Waals surface area contributed by atoms with E-state index in [0.717, 1.165) is 4.90 Å². The first kappa shape index (κ1) is 28.2. The van der Waals surface area contributed by atoms with Crippen molar-refractivity contribution in [1.29, 1.82) is 0 Å². The van der Waals surface area contributed by atoms with Crippen LogP contribution in [-0.4, -0.2) is 49.2 Å². The maximum absolute atomic E-state index is 12.9. The van der Waals surface area contributed by atoms with Crippen molar-refractivity contribution in [2.75, 3.05) is 4.90 Å². The van der Waals surface area contributed by atoms with Crippen molar-refractivity contribution in [3.05, 3.63) is 47.1 Å². The summed E-state index contributed by atoms with van der Waals surface area (Å²) in [6.07, 6.45) is -0.649. The molecule has 0 fully saturated rings. The van der Waals surface area contributed by atoms with E-state index in [1.165, 1.54) is 16.8 Å². The van der Waals surface area contributed by atoms with E-state index in [1.54, 1.807) is 46.8 Å². The molecule has 0 bridgehead atoms. The second-order valence-electron chi connectivity index (χ2n) is 11.2. The van der Waals surface area contributed by atoms with Gasteiger partial charge < -0.3 is 19.3 Å². The van der Waals surface area contributed by atoms with Crippen molar-refractivity contribution in [3.8, 4) is 11.6 Å². The number of fused-ring (bicyclic) bond motifs is 1. The Morgan fingerprint density at radius 1 is 1.03 bits per heavy atom. The van der Waals surface area contributed by atoms with E-state index in [-0.39, 0.29) is 11.7 Å². The molecule has 1 aromatic carbocycles. The molecule has 0 aliphatic carbocycles. The van der Waals surface area contributed by atoms with Crippen LogP contribution in [0.25, 0.3) is 5.65 Å². The molecule has 1 unspecified atom stereocenters. The summed E-state index contributed by atoms with van der Waals surface area (Å²) in [7, 11) is 0. The number of halogens is 1. The van der Waals surface area contributed by atoms with Crippen molar-refractivity contribution in [2.24, 2.45) is 5.41 Å². The third-order valence-corrected chi connectivity index (χ3v) is 5.84. The standard InChI is InChI=1S/C26H33BrN4O6/c1-24(2,3)21(26(7,8)37-23(34)36-25(4,5)6)30(22(32)33)19-14-18(35-16-12-10-9-11-13-16)29-20-17(27)15-28-31(19)20/h9-15,21H,1-8H3,(H,32,33). The lowest BCUT2D eigenvalue weighted by molar-refractivity contribution is -0.0739. The zero-order valence-corrected chi connectivity index (χ0v) is 23.9. The lowest BCUT2D eigenvalue weighted by Gasteiger charge is -2.46. The Balaban J connectivity index is 2.17. The van der Waals surface area contributed by atoms with Gasteiger partial charge in [-0.3, -0.25) is 4.90 Å². The molecule has 3 rings (SSSR count). The summed E-state index contributed by atoms with van der Waals surface area (Å²) in [5.74, 6) is 0.860. The van der Waals surface area contributed by atoms with E-state index in [9.17, 15) is 14.7 Å². The second kappa shape index (κ2) is 10.2. The maximum atomic E-state index is 12.9. The lowest BCUT2D eigenvalue weighted by Crippen LogP contribution is -2.60. The molecule has 1 N–H and O–H groups in total. The number of aromatic nitrogens is 3. The molecule has 2 heterocycles. The molecule has 11 heteroatoms. The number of rotatable bonds is 6. The summed E-state index contributed by atoms with van der Waals surface area (Å²) in [6, 6.07) is 9.63. The highest BCUT2D eigenvalue weighted by molar-refractivity contribution is 9.10. The van der Waals surface area contributed by atoms with E-state index in [4.69, 9.17) is 14.2 Å². The number of hydrogen-bond donors (Lipinski definition) is 1. The first-order chi connectivity index (χ1) is 17.0. The Bertz CT molecular complexity index is 1280. The van der Waals surface area contributed by atoms with E-state index < -0.39 is 34.9 Å². The summed E-state index contributed by atoms with van der Waals surface area (Å²) in [5, 5.41) is 14.9. The molecule has 37 heavy (non-hydrogen) atoms. The molecule has 0 spiro atoms. The fourth-order valence-electron chi connectivity index (χ4n) is 4.35. The van der Waals surface area contributed by atoms with E-state index >= 15 is 0 Å². The molecular formula is C26H33BrN4O6. The normalized spacial score (nSPS) is 13.2. The van der Waals surface area contributed by atoms with Gasteiger partial charge in [0.2, 0.25) is 5.88 Å². The van der Waals surface area contributed by atoms with Crippen LogP contribution in [0.3, 0.4) is 0 Å². The highest BCUT2D eigenvalue weighted by atomic mass is 79.9. The zero-order valence-electron chi connectivity index (χ0n) is 22.3. The van der Waals surface area contributed by atoms with Gasteiger partial charge in [-0.15, -0.1) is 0 Å². The molecule has 3 aromatic rings. The molecule has 1 atom stereocenters. The van der Waals surface area contributed by atoms with Crippen LogP contribution in [0.5, 0.6) is 11.6 Å². The first-order valence-electron chi connectivity index (χ1n) is 11.7. The minimum Gasteiger partial charge on any atom is -0.465 e. The fraction of sp³-hybridized carbons (Fsp3) is 0.462. The monoisotopic (exact) mass is 576 g/mol. The topological polar surface area (TPSA) is 115 Å². The minimum atomic E-state index is -1.32. The Labute approximate surface area is 224 Å². The summed E-state index contributed by atoms with van der Waals surface area (Å²) in [4.78, 5) is 31.2. The molecule has 0 aliphatic rings. The average molecular weight is 577 g/mol. The number of para-hydroxylation sites is 1. The second-order valence-corrected chi connectivity index (χ2v) is 12.0. The van der Waals surface area contributed by atoms with Gasteiger partial charge in [-0.2, -0.15) is 14.6 Å². The molecular weight excluding hydrogens is 544 g/mol. The molecule has 1 amide bonds. The Hall–Kier alpha value is -3.34. The van der Waals surface area contributed by atoms with E-state index in [2.05, 4.69) is 26.0 Å². The van der Waals surface area contributed by atoms with Crippen LogP contribution in [0.4, 0.5) is 15.4 Å². The van der Waals surface area contributed by atoms with Crippen LogP contribution >= 0.6 is 15.9 Å². The largest absolute Gasteiger partial charge is 0.509 e. The number of amides is 1. The Morgan fingerprint density at radius 2 is 1.65 bits per heavy atom. The number of anilines is 1. The Morgan fingerprint density at radius 3 is 2.19 bits per heavy atom. The van der Waals surface area contributed by atoms with Gasteiger partial charge in [-0.1, -0.05) is 39.0 Å². The highest BCUT2D eigenvalue weighted by Gasteiger charge is 2.49. The molecule has 200 valence electrons. The van der Waals surface area contributed by atoms with Crippen LogP contribution in [0.1, 0.15) is 55.4 Å². The van der Waals surface area contributed by atoms with Gasteiger partial charge in [0.05, 0.1) is 16.7 Å². The third-order valence-electron chi connectivity index (χ3n) is 5.28. The average Bonchev–Trinajstić information content (AvgIpc) is 3.10. The molecule has 0 radical (unpaired) electrons. The van der Waals surface area contributed by atoms with Crippen molar-refractivity contribution in [3.63, 3.8) is 0 Å². The van der Waals surface area contributed by atoms with Crippen molar-refractivity contribution in [1.82, 2.24) is 14.6 Å². The van der Waals surface area contributed by atoms with Crippen molar-refractivity contribution < 1.29 is 28.9 Å². The predicted octanol–water partition coefficient (Wildman–Crippen LogP) is 6.91. The quantitative estimate of drug-likeness (QED) is 0.314.